The largest absolute Gasteiger partial charge is 0.379 e. The molecule has 0 aromatic rings. The normalized spacial score (nSPS) is 20.5. The summed E-state index contributed by atoms with van der Waals surface area (Å²) in [5, 5.41) is 0. The maximum absolute atomic E-state index is 12.3. The maximum atomic E-state index is 12.3. The van der Waals surface area contributed by atoms with Gasteiger partial charge in [-0.3, -0.25) is 19.4 Å². The summed E-state index contributed by atoms with van der Waals surface area (Å²) in [4.78, 5) is 32.6. The summed E-state index contributed by atoms with van der Waals surface area (Å²) in [6.45, 7) is 12.6. The molecule has 2 amide bonds. The van der Waals surface area contributed by atoms with Gasteiger partial charge in [-0.1, -0.05) is 0 Å². The zero-order valence-electron chi connectivity index (χ0n) is 14.5. The number of carbonyl (C=O) groups excluding carboxylic acids is 2. The van der Waals surface area contributed by atoms with E-state index < -0.39 is 0 Å². The van der Waals surface area contributed by atoms with Gasteiger partial charge in [0.15, 0.2) is 0 Å². The number of carbonyl (C=O) groups is 2. The Bertz CT molecular complexity index is 387. The predicted molar refractivity (Wildman–Crippen MR) is 88.2 cm³/mol. The van der Waals surface area contributed by atoms with Gasteiger partial charge < -0.3 is 14.5 Å². The van der Waals surface area contributed by atoms with Gasteiger partial charge in [-0.2, -0.15) is 0 Å². The Balaban J connectivity index is 1.70. The van der Waals surface area contributed by atoms with E-state index in [1.165, 1.54) is 0 Å². The van der Waals surface area contributed by atoms with Gasteiger partial charge in [0, 0.05) is 52.4 Å². The Labute approximate surface area is 139 Å². The predicted octanol–water partition coefficient (Wildman–Crippen LogP) is -0.669. The van der Waals surface area contributed by atoms with E-state index in [1.54, 1.807) is 0 Å². The van der Waals surface area contributed by atoms with Crippen molar-refractivity contribution in [3.63, 3.8) is 0 Å². The maximum Gasteiger partial charge on any atom is 0.236 e. The molecule has 2 heterocycles. The first kappa shape index (κ1) is 18.2. The summed E-state index contributed by atoms with van der Waals surface area (Å²) in [6.07, 6.45) is 0. The van der Waals surface area contributed by atoms with E-state index in [0.29, 0.717) is 39.4 Å². The van der Waals surface area contributed by atoms with Crippen LogP contribution < -0.4 is 0 Å². The molecule has 2 rings (SSSR count). The summed E-state index contributed by atoms with van der Waals surface area (Å²) in [7, 11) is 0. The third-order valence-electron chi connectivity index (χ3n) is 4.66. The first-order valence-corrected chi connectivity index (χ1v) is 8.72. The molecule has 7 nitrogen and oxygen atoms in total. The van der Waals surface area contributed by atoms with Gasteiger partial charge in [-0.05, 0) is 13.8 Å². The molecule has 0 bridgehead atoms. The fourth-order valence-corrected chi connectivity index (χ4v) is 3.07. The smallest absolute Gasteiger partial charge is 0.236 e. The number of rotatable bonds is 6. The van der Waals surface area contributed by atoms with Gasteiger partial charge in [-0.25, -0.2) is 0 Å². The van der Waals surface area contributed by atoms with E-state index in [4.69, 9.17) is 4.74 Å². The number of hydrogen-bond acceptors (Lipinski definition) is 5. The first-order chi connectivity index (χ1) is 11.1. The average Bonchev–Trinajstić information content (AvgIpc) is 2.57. The van der Waals surface area contributed by atoms with Crippen LogP contribution in [0.3, 0.4) is 0 Å². The highest BCUT2D eigenvalue weighted by Gasteiger charge is 2.25. The lowest BCUT2D eigenvalue weighted by Crippen LogP contribution is -2.53. The summed E-state index contributed by atoms with van der Waals surface area (Å²) < 4.78 is 5.31. The van der Waals surface area contributed by atoms with Crippen LogP contribution in [0.5, 0.6) is 0 Å². The molecule has 0 aliphatic carbocycles. The fourth-order valence-electron chi connectivity index (χ4n) is 3.07. The van der Waals surface area contributed by atoms with Crippen LogP contribution in [0.15, 0.2) is 0 Å². The number of likely N-dealkylation sites (N-methyl/N-ethyl adjacent to an activating group) is 1. The van der Waals surface area contributed by atoms with E-state index in [2.05, 4.69) is 9.80 Å². The van der Waals surface area contributed by atoms with Gasteiger partial charge in [-0.15, -0.1) is 0 Å². The van der Waals surface area contributed by atoms with Crippen LogP contribution in [0.25, 0.3) is 0 Å². The monoisotopic (exact) mass is 326 g/mol. The van der Waals surface area contributed by atoms with Crippen molar-refractivity contribution in [2.24, 2.45) is 0 Å². The van der Waals surface area contributed by atoms with Gasteiger partial charge in [0.25, 0.3) is 0 Å². The molecule has 0 aromatic carbocycles. The number of ether oxygens (including phenoxy) is 1. The van der Waals surface area contributed by atoms with Crippen molar-refractivity contribution in [2.75, 3.05) is 78.7 Å². The average molecular weight is 326 g/mol. The molecule has 0 saturated carbocycles. The molecule has 0 aromatic heterocycles. The number of piperazine rings is 1. The molecule has 0 radical (unpaired) electrons. The minimum atomic E-state index is 0.183. The van der Waals surface area contributed by atoms with E-state index in [-0.39, 0.29) is 11.8 Å². The molecule has 0 unspecified atom stereocenters. The van der Waals surface area contributed by atoms with Crippen molar-refractivity contribution in [1.29, 1.82) is 0 Å². The summed E-state index contributed by atoms with van der Waals surface area (Å²) >= 11 is 0. The van der Waals surface area contributed by atoms with E-state index in [1.807, 2.05) is 23.6 Å². The number of hydrogen-bond donors (Lipinski definition) is 0. The molecule has 7 heteroatoms. The van der Waals surface area contributed by atoms with Gasteiger partial charge in [0.05, 0.1) is 26.3 Å². The summed E-state index contributed by atoms with van der Waals surface area (Å²) in [5.74, 6) is 0.379. The minimum Gasteiger partial charge on any atom is -0.379 e. The highest BCUT2D eigenvalue weighted by Crippen LogP contribution is 2.05. The number of morpholine rings is 1. The second kappa shape index (κ2) is 9.20. The third-order valence-corrected chi connectivity index (χ3v) is 4.66. The summed E-state index contributed by atoms with van der Waals surface area (Å²) in [5.41, 5.74) is 0. The SMILES string of the molecule is CCN(CC)C(=O)CN1CCN(C(=O)CN2CCOCC2)CC1. The van der Waals surface area contributed by atoms with Crippen LogP contribution in [-0.4, -0.2) is 110 Å². The second-order valence-corrected chi connectivity index (χ2v) is 6.11. The zero-order chi connectivity index (χ0) is 16.7. The van der Waals surface area contributed by atoms with Gasteiger partial charge in [0.2, 0.25) is 11.8 Å². The molecule has 2 aliphatic heterocycles. The Hall–Kier alpha value is -1.18. The van der Waals surface area contributed by atoms with Crippen molar-refractivity contribution in [1.82, 2.24) is 19.6 Å². The quantitative estimate of drug-likeness (QED) is 0.648. The van der Waals surface area contributed by atoms with Crippen molar-refractivity contribution in [3.8, 4) is 0 Å². The Morgan fingerprint density at radius 3 is 2.00 bits per heavy atom. The standard InChI is InChI=1S/C16H30N4O3/c1-3-19(4-2)15(21)13-17-5-7-20(8-6-17)16(22)14-18-9-11-23-12-10-18/h3-14H2,1-2H3. The van der Waals surface area contributed by atoms with Crippen molar-refractivity contribution in [3.05, 3.63) is 0 Å². The Morgan fingerprint density at radius 1 is 0.870 bits per heavy atom. The lowest BCUT2D eigenvalue weighted by molar-refractivity contribution is -0.136. The highest BCUT2D eigenvalue weighted by atomic mass is 16.5. The molecule has 132 valence electrons. The molecule has 2 saturated heterocycles. The van der Waals surface area contributed by atoms with Gasteiger partial charge >= 0.3 is 0 Å². The number of nitrogens with zero attached hydrogens (tertiary/aromatic N) is 4. The first-order valence-electron chi connectivity index (χ1n) is 8.72. The molecule has 2 fully saturated rings. The molecular weight excluding hydrogens is 296 g/mol. The van der Waals surface area contributed by atoms with Crippen LogP contribution in [0.2, 0.25) is 0 Å². The van der Waals surface area contributed by atoms with Crippen LogP contribution in [0.1, 0.15) is 13.8 Å². The minimum absolute atomic E-state index is 0.183. The lowest BCUT2D eigenvalue weighted by Gasteiger charge is -2.36. The molecule has 23 heavy (non-hydrogen) atoms. The van der Waals surface area contributed by atoms with Crippen LogP contribution in [-0.2, 0) is 14.3 Å². The van der Waals surface area contributed by atoms with Crippen LogP contribution >= 0.6 is 0 Å². The zero-order valence-corrected chi connectivity index (χ0v) is 14.5. The van der Waals surface area contributed by atoms with Crippen molar-refractivity contribution in [2.45, 2.75) is 13.8 Å². The molecule has 2 aliphatic rings. The van der Waals surface area contributed by atoms with Gasteiger partial charge in [0.1, 0.15) is 0 Å². The summed E-state index contributed by atoms with van der Waals surface area (Å²) in [6, 6.07) is 0. The Kier molecular flexibility index (Phi) is 7.26. The van der Waals surface area contributed by atoms with Crippen molar-refractivity contribution < 1.29 is 14.3 Å². The van der Waals surface area contributed by atoms with Crippen molar-refractivity contribution >= 4 is 11.8 Å². The highest BCUT2D eigenvalue weighted by molar-refractivity contribution is 5.79. The van der Waals surface area contributed by atoms with E-state index in [0.717, 1.165) is 39.3 Å². The lowest BCUT2D eigenvalue weighted by atomic mass is 10.3. The Morgan fingerprint density at radius 2 is 1.43 bits per heavy atom. The molecule has 0 spiro atoms. The van der Waals surface area contributed by atoms with E-state index in [9.17, 15) is 9.59 Å². The molecule has 0 N–H and O–H groups in total. The molecule has 0 atom stereocenters. The number of amides is 2. The topological polar surface area (TPSA) is 56.3 Å². The fraction of sp³-hybridized carbons (Fsp3) is 0.875. The van der Waals surface area contributed by atoms with Crippen LogP contribution in [0.4, 0.5) is 0 Å². The van der Waals surface area contributed by atoms with E-state index >= 15 is 0 Å². The van der Waals surface area contributed by atoms with Crippen LogP contribution in [0, 0.1) is 0 Å². The third kappa shape index (κ3) is 5.44. The second-order valence-electron chi connectivity index (χ2n) is 6.11. The molecular formula is C16H30N4O3.